The Morgan fingerprint density at radius 3 is 3.09 bits per heavy atom. The van der Waals surface area contributed by atoms with Crippen LogP contribution in [0.1, 0.15) is 12.8 Å². The molecule has 0 bridgehead atoms. The quantitative estimate of drug-likeness (QED) is 0.757. The Morgan fingerprint density at radius 2 is 2.36 bits per heavy atom. The summed E-state index contributed by atoms with van der Waals surface area (Å²) in [6.45, 7) is 1.89. The smallest absolute Gasteiger partial charge is 0.319 e. The summed E-state index contributed by atoms with van der Waals surface area (Å²) in [5, 5.41) is 5.17. The molecule has 1 aromatic rings. The lowest BCUT2D eigenvalue weighted by molar-refractivity contribution is 0.0682. The predicted octanol–water partition coefficient (Wildman–Crippen LogP) is 2.15. The van der Waals surface area contributed by atoms with Crippen molar-refractivity contribution in [1.29, 1.82) is 0 Å². The number of carbonyl (C=O) groups excluding carboxylic acids is 1. The highest BCUT2D eigenvalue weighted by atomic mass is 19.1. The molecule has 1 aliphatic rings. The van der Waals surface area contributed by atoms with Crippen molar-refractivity contribution < 1.29 is 23.4 Å². The standard InChI is InChI=1S/C15H21FN2O4/c1-20-8-6-17-15(19)18-13-9-11(16)4-5-14(13)22-10-12-3-2-7-21-12/h4-5,9,12H,2-3,6-8,10H2,1H3,(H2,17,18,19)/t12-/m1/s1. The first kappa shape index (κ1) is 16.5. The molecule has 0 radical (unpaired) electrons. The summed E-state index contributed by atoms with van der Waals surface area (Å²) in [5.74, 6) is -0.0320. The predicted molar refractivity (Wildman–Crippen MR) is 79.8 cm³/mol. The van der Waals surface area contributed by atoms with E-state index in [0.29, 0.717) is 25.5 Å². The number of rotatable bonds is 7. The molecule has 1 aliphatic heterocycles. The summed E-state index contributed by atoms with van der Waals surface area (Å²) < 4.78 is 29.3. The van der Waals surface area contributed by atoms with Crippen molar-refractivity contribution in [1.82, 2.24) is 5.32 Å². The van der Waals surface area contributed by atoms with E-state index in [9.17, 15) is 9.18 Å². The van der Waals surface area contributed by atoms with Gasteiger partial charge in [-0.25, -0.2) is 9.18 Å². The molecule has 2 rings (SSSR count). The molecular weight excluding hydrogens is 291 g/mol. The van der Waals surface area contributed by atoms with E-state index in [0.717, 1.165) is 19.4 Å². The summed E-state index contributed by atoms with van der Waals surface area (Å²) in [7, 11) is 1.54. The third-order valence-corrected chi connectivity index (χ3v) is 3.23. The van der Waals surface area contributed by atoms with Gasteiger partial charge >= 0.3 is 6.03 Å². The molecular formula is C15H21FN2O4. The fourth-order valence-corrected chi connectivity index (χ4v) is 2.12. The number of anilines is 1. The van der Waals surface area contributed by atoms with Gasteiger partial charge in [0.25, 0.3) is 0 Å². The number of amides is 2. The fraction of sp³-hybridized carbons (Fsp3) is 0.533. The van der Waals surface area contributed by atoms with Crippen LogP contribution in [0.2, 0.25) is 0 Å². The summed E-state index contributed by atoms with van der Waals surface area (Å²) in [5.41, 5.74) is 0.285. The van der Waals surface area contributed by atoms with Gasteiger partial charge in [0.05, 0.1) is 18.4 Å². The fourth-order valence-electron chi connectivity index (χ4n) is 2.12. The average molecular weight is 312 g/mol. The molecule has 1 saturated heterocycles. The van der Waals surface area contributed by atoms with Gasteiger partial charge < -0.3 is 24.8 Å². The molecule has 1 fully saturated rings. The van der Waals surface area contributed by atoms with Crippen molar-refractivity contribution >= 4 is 11.7 Å². The Kier molecular flexibility index (Phi) is 6.42. The average Bonchev–Trinajstić information content (AvgIpc) is 3.00. The van der Waals surface area contributed by atoms with Crippen molar-refractivity contribution in [3.8, 4) is 5.75 Å². The van der Waals surface area contributed by atoms with Gasteiger partial charge in [-0.05, 0) is 25.0 Å². The van der Waals surface area contributed by atoms with Crippen LogP contribution < -0.4 is 15.4 Å². The van der Waals surface area contributed by atoms with E-state index >= 15 is 0 Å². The van der Waals surface area contributed by atoms with Crippen molar-refractivity contribution in [2.24, 2.45) is 0 Å². The highest BCUT2D eigenvalue weighted by Crippen LogP contribution is 2.26. The maximum Gasteiger partial charge on any atom is 0.319 e. The molecule has 0 spiro atoms. The Hall–Kier alpha value is -1.86. The van der Waals surface area contributed by atoms with Crippen LogP contribution in [0, 0.1) is 5.82 Å². The molecule has 0 aliphatic carbocycles. The molecule has 0 saturated carbocycles. The minimum absolute atomic E-state index is 0.0495. The number of urea groups is 1. The van der Waals surface area contributed by atoms with Crippen LogP contribution >= 0.6 is 0 Å². The number of methoxy groups -OCH3 is 1. The van der Waals surface area contributed by atoms with Crippen molar-refractivity contribution in [3.63, 3.8) is 0 Å². The number of hydrogen-bond donors (Lipinski definition) is 2. The highest BCUT2D eigenvalue weighted by Gasteiger charge is 2.17. The molecule has 6 nitrogen and oxygen atoms in total. The number of halogens is 1. The third-order valence-electron chi connectivity index (χ3n) is 3.23. The molecule has 1 atom stereocenters. The second-order valence-electron chi connectivity index (χ2n) is 4.96. The van der Waals surface area contributed by atoms with Gasteiger partial charge in [-0.1, -0.05) is 0 Å². The molecule has 2 amide bonds. The minimum Gasteiger partial charge on any atom is -0.489 e. The lowest BCUT2D eigenvalue weighted by Crippen LogP contribution is -2.31. The van der Waals surface area contributed by atoms with Crippen molar-refractivity contribution in [2.75, 3.05) is 38.8 Å². The third kappa shape index (κ3) is 5.16. The Bertz CT molecular complexity index is 492. The van der Waals surface area contributed by atoms with Crippen LogP contribution in [0.3, 0.4) is 0 Å². The first-order valence-corrected chi connectivity index (χ1v) is 7.27. The van der Waals surface area contributed by atoms with Gasteiger partial charge in [-0.3, -0.25) is 0 Å². The van der Waals surface area contributed by atoms with Crippen LogP contribution in [0.5, 0.6) is 5.75 Å². The first-order valence-electron chi connectivity index (χ1n) is 7.27. The van der Waals surface area contributed by atoms with Crippen LogP contribution in [-0.2, 0) is 9.47 Å². The molecule has 122 valence electrons. The zero-order valence-electron chi connectivity index (χ0n) is 12.6. The number of benzene rings is 1. The Balaban J connectivity index is 1.92. The lowest BCUT2D eigenvalue weighted by atomic mass is 10.2. The summed E-state index contributed by atoms with van der Waals surface area (Å²) >= 11 is 0. The minimum atomic E-state index is -0.448. The number of carbonyl (C=O) groups is 1. The van der Waals surface area contributed by atoms with Gasteiger partial charge in [0.2, 0.25) is 0 Å². The van der Waals surface area contributed by atoms with E-state index in [4.69, 9.17) is 14.2 Å². The number of hydrogen-bond acceptors (Lipinski definition) is 4. The van der Waals surface area contributed by atoms with Crippen LogP contribution in [0.25, 0.3) is 0 Å². The van der Waals surface area contributed by atoms with Gasteiger partial charge in [0.1, 0.15) is 18.2 Å². The lowest BCUT2D eigenvalue weighted by Gasteiger charge is -2.15. The summed E-state index contributed by atoms with van der Waals surface area (Å²) in [4.78, 5) is 11.7. The van der Waals surface area contributed by atoms with E-state index in [2.05, 4.69) is 10.6 Å². The number of ether oxygens (including phenoxy) is 3. The largest absolute Gasteiger partial charge is 0.489 e. The SMILES string of the molecule is COCCNC(=O)Nc1cc(F)ccc1OC[C@H]1CCCO1. The van der Waals surface area contributed by atoms with Crippen LogP contribution in [0.15, 0.2) is 18.2 Å². The van der Waals surface area contributed by atoms with E-state index in [1.165, 1.54) is 18.2 Å². The summed E-state index contributed by atoms with van der Waals surface area (Å²) in [6, 6.07) is 3.57. The molecule has 7 heteroatoms. The van der Waals surface area contributed by atoms with Gasteiger partial charge in [-0.15, -0.1) is 0 Å². The van der Waals surface area contributed by atoms with E-state index in [-0.39, 0.29) is 11.8 Å². The Labute approximate surface area is 128 Å². The zero-order chi connectivity index (χ0) is 15.8. The normalized spacial score (nSPS) is 17.3. The highest BCUT2D eigenvalue weighted by molar-refractivity contribution is 5.90. The zero-order valence-corrected chi connectivity index (χ0v) is 12.6. The summed E-state index contributed by atoms with van der Waals surface area (Å²) in [6.07, 6.45) is 2.01. The van der Waals surface area contributed by atoms with Crippen molar-refractivity contribution in [3.05, 3.63) is 24.0 Å². The topological polar surface area (TPSA) is 68.8 Å². The number of nitrogens with one attached hydrogen (secondary N) is 2. The van der Waals surface area contributed by atoms with E-state index in [1.807, 2.05) is 0 Å². The second kappa shape index (κ2) is 8.55. The maximum absolute atomic E-state index is 13.4. The maximum atomic E-state index is 13.4. The molecule has 2 N–H and O–H groups in total. The van der Waals surface area contributed by atoms with Crippen LogP contribution in [0.4, 0.5) is 14.9 Å². The van der Waals surface area contributed by atoms with Crippen LogP contribution in [-0.4, -0.2) is 45.6 Å². The van der Waals surface area contributed by atoms with Gasteiger partial charge in [0, 0.05) is 26.3 Å². The van der Waals surface area contributed by atoms with E-state index in [1.54, 1.807) is 7.11 Å². The first-order chi connectivity index (χ1) is 10.7. The van der Waals surface area contributed by atoms with E-state index < -0.39 is 11.8 Å². The molecule has 1 heterocycles. The molecule has 0 aromatic heterocycles. The molecule has 0 unspecified atom stereocenters. The molecule has 22 heavy (non-hydrogen) atoms. The second-order valence-corrected chi connectivity index (χ2v) is 4.96. The van der Waals surface area contributed by atoms with Crippen molar-refractivity contribution in [2.45, 2.75) is 18.9 Å². The van der Waals surface area contributed by atoms with Gasteiger partial charge in [0.15, 0.2) is 0 Å². The molecule has 1 aromatic carbocycles. The Morgan fingerprint density at radius 1 is 1.50 bits per heavy atom. The van der Waals surface area contributed by atoms with Gasteiger partial charge in [-0.2, -0.15) is 0 Å². The monoisotopic (exact) mass is 312 g/mol.